The number of ether oxygens (including phenoxy) is 2. The number of rotatable bonds is 6. The first-order valence-electron chi connectivity index (χ1n) is 9.24. The molecule has 1 aliphatic heterocycles. The third kappa shape index (κ3) is 4.67. The van der Waals surface area contributed by atoms with E-state index in [2.05, 4.69) is 0 Å². The molecule has 0 unspecified atom stereocenters. The fourth-order valence-electron chi connectivity index (χ4n) is 3.17. The van der Waals surface area contributed by atoms with Crippen molar-refractivity contribution in [1.29, 1.82) is 0 Å². The molecule has 142 valence electrons. The van der Waals surface area contributed by atoms with E-state index >= 15 is 0 Å². The van der Waals surface area contributed by atoms with Crippen LogP contribution in [0.3, 0.4) is 0 Å². The molecule has 5 heteroatoms. The average molecular weight is 369 g/mol. The van der Waals surface area contributed by atoms with Crippen molar-refractivity contribution >= 4 is 12.0 Å². The highest BCUT2D eigenvalue weighted by molar-refractivity contribution is 5.92. The molecule has 0 spiro atoms. The van der Waals surface area contributed by atoms with E-state index in [-0.39, 0.29) is 11.7 Å². The van der Waals surface area contributed by atoms with Gasteiger partial charge in [0.2, 0.25) is 5.91 Å². The number of nitrogens with zero attached hydrogens (tertiary/aromatic N) is 1. The molecule has 0 fully saturated rings. The minimum Gasteiger partial charge on any atom is -0.490 e. The monoisotopic (exact) mass is 369 g/mol. The SMILES string of the molecule is CCOc1cc2c(cc1OCC)CN(C(=O)/C=C/c1cccc(F)c1)CC2. The summed E-state index contributed by atoms with van der Waals surface area (Å²) in [7, 11) is 0. The van der Waals surface area contributed by atoms with Crippen LogP contribution in [-0.4, -0.2) is 30.6 Å². The topological polar surface area (TPSA) is 38.8 Å². The summed E-state index contributed by atoms with van der Waals surface area (Å²) in [6.45, 7) is 6.17. The van der Waals surface area contributed by atoms with Gasteiger partial charge in [-0.1, -0.05) is 12.1 Å². The predicted molar refractivity (Wildman–Crippen MR) is 103 cm³/mol. The molecule has 0 saturated heterocycles. The molecule has 0 bridgehead atoms. The van der Waals surface area contributed by atoms with Crippen molar-refractivity contribution in [1.82, 2.24) is 4.90 Å². The summed E-state index contributed by atoms with van der Waals surface area (Å²) in [6, 6.07) is 10.2. The van der Waals surface area contributed by atoms with Crippen molar-refractivity contribution in [2.45, 2.75) is 26.8 Å². The summed E-state index contributed by atoms with van der Waals surface area (Å²) >= 11 is 0. The van der Waals surface area contributed by atoms with Gasteiger partial charge in [0.05, 0.1) is 13.2 Å². The Labute approximate surface area is 159 Å². The van der Waals surface area contributed by atoms with Crippen LogP contribution in [0.15, 0.2) is 42.5 Å². The summed E-state index contributed by atoms with van der Waals surface area (Å²) in [6.07, 6.45) is 3.91. The minimum atomic E-state index is -0.315. The van der Waals surface area contributed by atoms with Crippen LogP contribution >= 0.6 is 0 Å². The van der Waals surface area contributed by atoms with Gasteiger partial charge in [0, 0.05) is 19.2 Å². The van der Waals surface area contributed by atoms with Gasteiger partial charge in [-0.15, -0.1) is 0 Å². The largest absolute Gasteiger partial charge is 0.490 e. The number of hydrogen-bond donors (Lipinski definition) is 0. The van der Waals surface area contributed by atoms with Gasteiger partial charge in [0.25, 0.3) is 0 Å². The number of halogens is 1. The lowest BCUT2D eigenvalue weighted by Crippen LogP contribution is -2.34. The molecular weight excluding hydrogens is 345 g/mol. The highest BCUT2D eigenvalue weighted by Crippen LogP contribution is 2.34. The third-order valence-electron chi connectivity index (χ3n) is 4.46. The molecule has 1 aliphatic rings. The zero-order chi connectivity index (χ0) is 19.2. The molecule has 4 nitrogen and oxygen atoms in total. The molecule has 27 heavy (non-hydrogen) atoms. The predicted octanol–water partition coefficient (Wildman–Crippen LogP) is 4.22. The van der Waals surface area contributed by atoms with E-state index in [1.807, 2.05) is 26.0 Å². The van der Waals surface area contributed by atoms with E-state index in [1.165, 1.54) is 23.8 Å². The van der Waals surface area contributed by atoms with E-state index < -0.39 is 0 Å². The van der Waals surface area contributed by atoms with Crippen molar-refractivity contribution in [3.63, 3.8) is 0 Å². The zero-order valence-corrected chi connectivity index (χ0v) is 15.7. The van der Waals surface area contributed by atoms with Crippen LogP contribution in [0.2, 0.25) is 0 Å². The Bertz CT molecular complexity index is 847. The summed E-state index contributed by atoms with van der Waals surface area (Å²) in [4.78, 5) is 14.3. The molecule has 0 aliphatic carbocycles. The first-order valence-corrected chi connectivity index (χ1v) is 9.24. The Balaban J connectivity index is 1.74. The fourth-order valence-corrected chi connectivity index (χ4v) is 3.17. The molecule has 2 aromatic carbocycles. The highest BCUT2D eigenvalue weighted by atomic mass is 19.1. The zero-order valence-electron chi connectivity index (χ0n) is 15.7. The molecule has 3 rings (SSSR count). The molecule has 0 N–H and O–H groups in total. The van der Waals surface area contributed by atoms with E-state index in [1.54, 1.807) is 23.1 Å². The van der Waals surface area contributed by atoms with Crippen molar-refractivity contribution in [2.75, 3.05) is 19.8 Å². The lowest BCUT2D eigenvalue weighted by Gasteiger charge is -2.29. The van der Waals surface area contributed by atoms with Gasteiger partial charge in [-0.05, 0) is 67.3 Å². The molecule has 2 aromatic rings. The van der Waals surface area contributed by atoms with Crippen LogP contribution in [0.5, 0.6) is 11.5 Å². The first-order chi connectivity index (χ1) is 13.1. The summed E-state index contributed by atoms with van der Waals surface area (Å²) < 4.78 is 24.6. The lowest BCUT2D eigenvalue weighted by molar-refractivity contribution is -0.126. The molecule has 1 heterocycles. The van der Waals surface area contributed by atoms with Gasteiger partial charge < -0.3 is 14.4 Å². The number of hydrogen-bond acceptors (Lipinski definition) is 3. The number of fused-ring (bicyclic) bond motifs is 1. The second-order valence-corrected chi connectivity index (χ2v) is 6.33. The van der Waals surface area contributed by atoms with Crippen LogP contribution < -0.4 is 9.47 Å². The van der Waals surface area contributed by atoms with Gasteiger partial charge in [-0.3, -0.25) is 4.79 Å². The summed E-state index contributed by atoms with van der Waals surface area (Å²) in [5.74, 6) is 1.06. The molecule has 0 atom stereocenters. The van der Waals surface area contributed by atoms with Gasteiger partial charge in [0.15, 0.2) is 11.5 Å². The second-order valence-electron chi connectivity index (χ2n) is 6.33. The van der Waals surface area contributed by atoms with Crippen LogP contribution in [0.25, 0.3) is 6.08 Å². The lowest BCUT2D eigenvalue weighted by atomic mass is 9.98. The second kappa shape index (κ2) is 8.71. The van der Waals surface area contributed by atoms with E-state index in [9.17, 15) is 9.18 Å². The van der Waals surface area contributed by atoms with E-state index in [4.69, 9.17) is 9.47 Å². The minimum absolute atomic E-state index is 0.0863. The first kappa shape index (κ1) is 19.0. The Morgan fingerprint density at radius 1 is 1.11 bits per heavy atom. The molecule has 0 saturated carbocycles. The average Bonchev–Trinajstić information content (AvgIpc) is 2.66. The van der Waals surface area contributed by atoms with E-state index in [0.29, 0.717) is 37.6 Å². The molecule has 1 amide bonds. The van der Waals surface area contributed by atoms with Crippen LogP contribution in [0, 0.1) is 5.82 Å². The standard InChI is InChI=1S/C22H24FNO3/c1-3-26-20-13-17-10-11-24(15-18(17)14-21(20)27-4-2)22(25)9-8-16-6-5-7-19(23)12-16/h5-9,12-14H,3-4,10-11,15H2,1-2H3/b9-8+. The normalized spacial score (nSPS) is 13.5. The van der Waals surface area contributed by atoms with Crippen molar-refractivity contribution < 1.29 is 18.7 Å². The van der Waals surface area contributed by atoms with Crippen molar-refractivity contribution in [3.8, 4) is 11.5 Å². The Morgan fingerprint density at radius 3 is 2.48 bits per heavy atom. The quantitative estimate of drug-likeness (QED) is 0.716. The Hall–Kier alpha value is -2.82. The van der Waals surface area contributed by atoms with Crippen molar-refractivity contribution in [2.24, 2.45) is 0 Å². The number of amides is 1. The Morgan fingerprint density at radius 2 is 1.81 bits per heavy atom. The summed E-state index contributed by atoms with van der Waals surface area (Å²) in [5.41, 5.74) is 2.92. The molecule has 0 aromatic heterocycles. The van der Waals surface area contributed by atoms with Crippen LogP contribution in [0.4, 0.5) is 4.39 Å². The summed E-state index contributed by atoms with van der Waals surface area (Å²) in [5, 5.41) is 0. The smallest absolute Gasteiger partial charge is 0.246 e. The molecule has 0 radical (unpaired) electrons. The third-order valence-corrected chi connectivity index (χ3v) is 4.46. The van der Waals surface area contributed by atoms with E-state index in [0.717, 1.165) is 17.7 Å². The number of benzene rings is 2. The fraction of sp³-hybridized carbons (Fsp3) is 0.318. The maximum absolute atomic E-state index is 13.2. The van der Waals surface area contributed by atoms with Gasteiger partial charge in [0.1, 0.15) is 5.82 Å². The maximum Gasteiger partial charge on any atom is 0.246 e. The number of carbonyl (C=O) groups is 1. The van der Waals surface area contributed by atoms with Gasteiger partial charge in [-0.25, -0.2) is 4.39 Å². The van der Waals surface area contributed by atoms with Crippen LogP contribution in [-0.2, 0) is 17.8 Å². The number of carbonyl (C=O) groups excluding carboxylic acids is 1. The maximum atomic E-state index is 13.2. The van der Waals surface area contributed by atoms with Gasteiger partial charge >= 0.3 is 0 Å². The molecular formula is C22H24FNO3. The highest BCUT2D eigenvalue weighted by Gasteiger charge is 2.22. The Kier molecular flexibility index (Phi) is 6.12. The van der Waals surface area contributed by atoms with Crippen LogP contribution in [0.1, 0.15) is 30.5 Å². The van der Waals surface area contributed by atoms with Crippen molar-refractivity contribution in [3.05, 3.63) is 65.0 Å². The van der Waals surface area contributed by atoms with Gasteiger partial charge in [-0.2, -0.15) is 0 Å².